The second-order valence-electron chi connectivity index (χ2n) is 5.70. The van der Waals surface area contributed by atoms with Gasteiger partial charge in [0.05, 0.1) is 6.61 Å². The van der Waals surface area contributed by atoms with Crippen LogP contribution in [0.15, 0.2) is 36.7 Å². The van der Waals surface area contributed by atoms with Gasteiger partial charge in [-0.05, 0) is 68.1 Å². The lowest BCUT2D eigenvalue weighted by Gasteiger charge is -2.19. The first-order valence-corrected chi connectivity index (χ1v) is 7.91. The van der Waals surface area contributed by atoms with Crippen LogP contribution in [0.3, 0.4) is 0 Å². The Labute approximate surface area is 138 Å². The van der Waals surface area contributed by atoms with Crippen LogP contribution in [0.2, 0.25) is 0 Å². The number of hydrogen-bond acceptors (Lipinski definition) is 3. The molecule has 0 spiro atoms. The van der Waals surface area contributed by atoms with E-state index in [2.05, 4.69) is 4.98 Å². The molecule has 0 bridgehead atoms. The highest BCUT2D eigenvalue weighted by Crippen LogP contribution is 2.23. The number of likely N-dealkylation sites (N-methyl/N-ethyl adjacent to an activating group) is 1. The molecule has 0 saturated carbocycles. The lowest BCUT2D eigenvalue weighted by molar-refractivity contribution is 0.0796. The van der Waals surface area contributed by atoms with Crippen molar-refractivity contribution in [1.29, 1.82) is 0 Å². The predicted molar refractivity (Wildman–Crippen MR) is 92.0 cm³/mol. The van der Waals surface area contributed by atoms with Crippen LogP contribution in [-0.2, 0) is 6.42 Å². The van der Waals surface area contributed by atoms with Gasteiger partial charge < -0.3 is 9.64 Å². The monoisotopic (exact) mass is 312 g/mol. The molecule has 0 aliphatic carbocycles. The molecule has 0 radical (unpaired) electrons. The van der Waals surface area contributed by atoms with Gasteiger partial charge in [-0.3, -0.25) is 9.78 Å². The molecule has 0 saturated heterocycles. The van der Waals surface area contributed by atoms with Crippen molar-refractivity contribution in [3.63, 3.8) is 0 Å². The second kappa shape index (κ2) is 7.77. The Balaban J connectivity index is 2.08. The Bertz CT molecular complexity index is 669. The maximum absolute atomic E-state index is 12.7. The van der Waals surface area contributed by atoms with Crippen molar-refractivity contribution in [1.82, 2.24) is 9.88 Å². The lowest BCUT2D eigenvalue weighted by atomic mass is 10.0. The highest BCUT2D eigenvalue weighted by Gasteiger charge is 2.16. The number of ether oxygens (including phenoxy) is 1. The summed E-state index contributed by atoms with van der Waals surface area (Å²) in [5.41, 5.74) is 3.85. The van der Waals surface area contributed by atoms with Crippen LogP contribution >= 0.6 is 0 Å². The molecule has 1 aromatic heterocycles. The normalized spacial score (nSPS) is 10.4. The fraction of sp³-hybridized carbons (Fsp3) is 0.368. The van der Waals surface area contributed by atoms with Crippen LogP contribution in [0.25, 0.3) is 0 Å². The van der Waals surface area contributed by atoms with Gasteiger partial charge in [0.25, 0.3) is 5.91 Å². The average Bonchev–Trinajstić information content (AvgIpc) is 2.56. The maximum Gasteiger partial charge on any atom is 0.253 e. The molecule has 0 fully saturated rings. The van der Waals surface area contributed by atoms with Crippen LogP contribution < -0.4 is 4.74 Å². The van der Waals surface area contributed by atoms with Gasteiger partial charge in [-0.2, -0.15) is 0 Å². The highest BCUT2D eigenvalue weighted by atomic mass is 16.5. The summed E-state index contributed by atoms with van der Waals surface area (Å²) in [5, 5.41) is 0. The van der Waals surface area contributed by atoms with Gasteiger partial charge in [0.1, 0.15) is 5.75 Å². The number of benzene rings is 1. The zero-order valence-corrected chi connectivity index (χ0v) is 14.3. The Morgan fingerprint density at radius 2 is 1.87 bits per heavy atom. The molecule has 23 heavy (non-hydrogen) atoms. The molecular formula is C19H24N2O2. The van der Waals surface area contributed by atoms with Crippen molar-refractivity contribution in [2.45, 2.75) is 27.2 Å². The van der Waals surface area contributed by atoms with Gasteiger partial charge in [0.15, 0.2) is 0 Å². The number of pyridine rings is 1. The van der Waals surface area contributed by atoms with Crippen molar-refractivity contribution in [2.24, 2.45) is 0 Å². The summed E-state index contributed by atoms with van der Waals surface area (Å²) in [7, 11) is 1.84. The maximum atomic E-state index is 12.7. The summed E-state index contributed by atoms with van der Waals surface area (Å²) in [6, 6.07) is 7.82. The summed E-state index contributed by atoms with van der Waals surface area (Å²) >= 11 is 0. The van der Waals surface area contributed by atoms with Crippen LogP contribution in [0, 0.1) is 13.8 Å². The fourth-order valence-electron chi connectivity index (χ4n) is 2.48. The van der Waals surface area contributed by atoms with E-state index >= 15 is 0 Å². The summed E-state index contributed by atoms with van der Waals surface area (Å²) in [4.78, 5) is 18.5. The van der Waals surface area contributed by atoms with Gasteiger partial charge in [-0.25, -0.2) is 0 Å². The first-order valence-electron chi connectivity index (χ1n) is 7.91. The molecule has 0 aliphatic heterocycles. The molecule has 1 amide bonds. The van der Waals surface area contributed by atoms with Crippen LogP contribution in [0.1, 0.15) is 34.0 Å². The highest BCUT2D eigenvalue weighted by molar-refractivity contribution is 5.96. The molecule has 1 aromatic carbocycles. The second-order valence-corrected chi connectivity index (χ2v) is 5.70. The third-order valence-electron chi connectivity index (χ3n) is 3.88. The minimum atomic E-state index is 0.0442. The number of aryl methyl sites for hydroxylation is 2. The smallest absolute Gasteiger partial charge is 0.253 e. The molecule has 1 heterocycles. The topological polar surface area (TPSA) is 42.4 Å². The van der Waals surface area contributed by atoms with E-state index in [9.17, 15) is 4.79 Å². The van der Waals surface area contributed by atoms with E-state index < -0.39 is 0 Å². The Kier molecular flexibility index (Phi) is 5.74. The van der Waals surface area contributed by atoms with Crippen molar-refractivity contribution in [3.05, 3.63) is 58.9 Å². The van der Waals surface area contributed by atoms with Crippen molar-refractivity contribution >= 4 is 5.91 Å². The summed E-state index contributed by atoms with van der Waals surface area (Å²) < 4.78 is 5.59. The third-order valence-corrected chi connectivity index (χ3v) is 3.88. The summed E-state index contributed by atoms with van der Waals surface area (Å²) in [6.45, 7) is 7.18. The summed E-state index contributed by atoms with van der Waals surface area (Å²) in [6.07, 6.45) is 4.37. The number of aromatic nitrogens is 1. The molecule has 0 unspecified atom stereocenters. The van der Waals surface area contributed by atoms with Gasteiger partial charge in [-0.1, -0.05) is 0 Å². The fourth-order valence-corrected chi connectivity index (χ4v) is 2.48. The quantitative estimate of drug-likeness (QED) is 0.821. The van der Waals surface area contributed by atoms with Crippen molar-refractivity contribution < 1.29 is 9.53 Å². The van der Waals surface area contributed by atoms with Crippen molar-refractivity contribution in [3.8, 4) is 5.75 Å². The van der Waals surface area contributed by atoms with E-state index in [1.807, 2.05) is 52.1 Å². The first kappa shape index (κ1) is 17.0. The average molecular weight is 312 g/mol. The van der Waals surface area contributed by atoms with Gasteiger partial charge >= 0.3 is 0 Å². The van der Waals surface area contributed by atoms with Crippen LogP contribution in [0.4, 0.5) is 0 Å². The predicted octanol–water partition coefficient (Wildman–Crippen LogP) is 3.41. The number of nitrogens with zero attached hydrogens (tertiary/aromatic N) is 2. The molecule has 0 atom stereocenters. The number of rotatable bonds is 6. The molecule has 2 aromatic rings. The van der Waals surface area contributed by atoms with Gasteiger partial charge in [0.2, 0.25) is 0 Å². The summed E-state index contributed by atoms with van der Waals surface area (Å²) in [5.74, 6) is 0.892. The van der Waals surface area contributed by atoms with E-state index in [1.165, 1.54) is 5.56 Å². The van der Waals surface area contributed by atoms with Crippen LogP contribution in [-0.4, -0.2) is 36.0 Å². The van der Waals surface area contributed by atoms with E-state index in [4.69, 9.17) is 4.74 Å². The number of carbonyl (C=O) groups is 1. The molecule has 4 heteroatoms. The Morgan fingerprint density at radius 3 is 2.52 bits per heavy atom. The molecule has 4 nitrogen and oxygen atoms in total. The molecular weight excluding hydrogens is 288 g/mol. The molecule has 0 N–H and O–H groups in total. The van der Waals surface area contributed by atoms with E-state index in [0.29, 0.717) is 13.2 Å². The number of amides is 1. The molecule has 0 aliphatic rings. The van der Waals surface area contributed by atoms with Gasteiger partial charge in [0, 0.05) is 31.5 Å². The molecule has 2 rings (SSSR count). The van der Waals surface area contributed by atoms with E-state index in [-0.39, 0.29) is 5.91 Å². The molecule has 122 valence electrons. The van der Waals surface area contributed by atoms with E-state index in [1.54, 1.807) is 17.3 Å². The third kappa shape index (κ3) is 4.31. The standard InChI is InChI=1S/C19H24N2O2/c1-5-23-18-13-14(2)17(12-15(18)3)19(22)21(4)11-8-16-6-9-20-10-7-16/h6-7,9-10,12-13H,5,8,11H2,1-4H3. The lowest BCUT2D eigenvalue weighted by Crippen LogP contribution is -2.29. The zero-order chi connectivity index (χ0) is 16.8. The van der Waals surface area contributed by atoms with Crippen molar-refractivity contribution in [2.75, 3.05) is 20.2 Å². The Hall–Kier alpha value is -2.36. The Morgan fingerprint density at radius 1 is 1.17 bits per heavy atom. The minimum absolute atomic E-state index is 0.0442. The van der Waals surface area contributed by atoms with E-state index in [0.717, 1.165) is 28.9 Å². The first-order chi connectivity index (χ1) is 11.0. The number of carbonyl (C=O) groups excluding carboxylic acids is 1. The SMILES string of the molecule is CCOc1cc(C)c(C(=O)N(C)CCc2ccncc2)cc1C. The minimum Gasteiger partial charge on any atom is -0.494 e. The number of hydrogen-bond donors (Lipinski definition) is 0. The van der Waals surface area contributed by atoms with Gasteiger partial charge in [-0.15, -0.1) is 0 Å². The largest absolute Gasteiger partial charge is 0.494 e. The zero-order valence-electron chi connectivity index (χ0n) is 14.3. The van der Waals surface area contributed by atoms with Crippen LogP contribution in [0.5, 0.6) is 5.75 Å².